The highest BCUT2D eigenvalue weighted by Crippen LogP contribution is 2.31. The first-order valence-electron chi connectivity index (χ1n) is 6.40. The Labute approximate surface area is 103 Å². The number of aromatic nitrogens is 1. The van der Waals surface area contributed by atoms with Crippen molar-refractivity contribution in [2.24, 2.45) is 0 Å². The SMILES string of the molecule is CCCCC(C)(C)c1nc2ccoc2cc1C. The molecule has 0 fully saturated rings. The van der Waals surface area contributed by atoms with Gasteiger partial charge < -0.3 is 4.42 Å². The molecule has 92 valence electrons. The van der Waals surface area contributed by atoms with Crippen molar-refractivity contribution in [1.29, 1.82) is 0 Å². The molecule has 2 aromatic heterocycles. The van der Waals surface area contributed by atoms with E-state index in [0.717, 1.165) is 11.1 Å². The van der Waals surface area contributed by atoms with Gasteiger partial charge in [0.1, 0.15) is 5.52 Å². The number of hydrogen-bond donors (Lipinski definition) is 0. The van der Waals surface area contributed by atoms with Crippen LogP contribution in [0.4, 0.5) is 0 Å². The van der Waals surface area contributed by atoms with Crippen LogP contribution in [0.3, 0.4) is 0 Å². The van der Waals surface area contributed by atoms with Crippen molar-refractivity contribution in [3.8, 4) is 0 Å². The van der Waals surface area contributed by atoms with Crippen LogP contribution in [0.5, 0.6) is 0 Å². The molecule has 2 nitrogen and oxygen atoms in total. The Morgan fingerprint density at radius 2 is 2.12 bits per heavy atom. The number of nitrogens with zero attached hydrogens (tertiary/aromatic N) is 1. The van der Waals surface area contributed by atoms with Crippen molar-refractivity contribution < 1.29 is 4.42 Å². The molecule has 2 aromatic rings. The third-order valence-electron chi connectivity index (χ3n) is 3.42. The molecule has 0 radical (unpaired) electrons. The zero-order chi connectivity index (χ0) is 12.5. The largest absolute Gasteiger partial charge is 0.463 e. The van der Waals surface area contributed by atoms with Crippen LogP contribution in [0.2, 0.25) is 0 Å². The molecule has 2 heteroatoms. The molecule has 0 N–H and O–H groups in total. The Hall–Kier alpha value is -1.31. The fourth-order valence-electron chi connectivity index (χ4n) is 2.41. The highest BCUT2D eigenvalue weighted by molar-refractivity contribution is 5.73. The van der Waals surface area contributed by atoms with Gasteiger partial charge >= 0.3 is 0 Å². The Morgan fingerprint density at radius 1 is 1.35 bits per heavy atom. The normalized spacial score (nSPS) is 12.2. The van der Waals surface area contributed by atoms with Gasteiger partial charge in [-0.3, -0.25) is 0 Å². The minimum Gasteiger partial charge on any atom is -0.463 e. The predicted molar refractivity (Wildman–Crippen MR) is 71.3 cm³/mol. The average Bonchev–Trinajstić information content (AvgIpc) is 2.72. The second-order valence-corrected chi connectivity index (χ2v) is 5.45. The van der Waals surface area contributed by atoms with Gasteiger partial charge in [0.15, 0.2) is 5.58 Å². The molecule has 0 atom stereocenters. The van der Waals surface area contributed by atoms with E-state index < -0.39 is 0 Å². The van der Waals surface area contributed by atoms with Crippen molar-refractivity contribution in [1.82, 2.24) is 4.98 Å². The van der Waals surface area contributed by atoms with Crippen LogP contribution in [0.15, 0.2) is 22.8 Å². The van der Waals surface area contributed by atoms with Crippen molar-refractivity contribution >= 4 is 11.1 Å². The first-order chi connectivity index (χ1) is 8.04. The van der Waals surface area contributed by atoms with E-state index in [-0.39, 0.29) is 5.41 Å². The molecule has 17 heavy (non-hydrogen) atoms. The second-order valence-electron chi connectivity index (χ2n) is 5.45. The van der Waals surface area contributed by atoms with E-state index in [1.54, 1.807) is 6.26 Å². The molecule has 0 saturated heterocycles. The summed E-state index contributed by atoms with van der Waals surface area (Å²) in [5.41, 5.74) is 4.44. The van der Waals surface area contributed by atoms with Crippen LogP contribution in [0, 0.1) is 6.92 Å². The fraction of sp³-hybridized carbons (Fsp3) is 0.533. The lowest BCUT2D eigenvalue weighted by Gasteiger charge is -2.25. The fourth-order valence-corrected chi connectivity index (χ4v) is 2.41. The highest BCUT2D eigenvalue weighted by Gasteiger charge is 2.24. The van der Waals surface area contributed by atoms with Gasteiger partial charge in [0.2, 0.25) is 0 Å². The Kier molecular flexibility index (Phi) is 3.23. The number of hydrogen-bond acceptors (Lipinski definition) is 2. The predicted octanol–water partition coefficient (Wildman–Crippen LogP) is 4.60. The number of aryl methyl sites for hydroxylation is 1. The van der Waals surface area contributed by atoms with Crippen LogP contribution >= 0.6 is 0 Å². The molecule has 0 spiro atoms. The van der Waals surface area contributed by atoms with Crippen LogP contribution in [-0.2, 0) is 5.41 Å². The average molecular weight is 231 g/mol. The van der Waals surface area contributed by atoms with Crippen molar-refractivity contribution in [3.05, 3.63) is 29.7 Å². The standard InChI is InChI=1S/C15H21NO/c1-5-6-8-15(3,4)14-11(2)10-13-12(16-14)7-9-17-13/h7,9-10H,5-6,8H2,1-4H3. The van der Waals surface area contributed by atoms with Crippen LogP contribution in [-0.4, -0.2) is 4.98 Å². The summed E-state index contributed by atoms with van der Waals surface area (Å²) in [5.74, 6) is 0. The third kappa shape index (κ3) is 2.36. The number of fused-ring (bicyclic) bond motifs is 1. The Morgan fingerprint density at radius 3 is 2.82 bits per heavy atom. The zero-order valence-corrected chi connectivity index (χ0v) is 11.2. The summed E-state index contributed by atoms with van der Waals surface area (Å²) in [6.07, 6.45) is 5.37. The molecular formula is C15H21NO. The maximum atomic E-state index is 5.39. The Bertz CT molecular complexity index is 511. The second kappa shape index (κ2) is 4.52. The lowest BCUT2D eigenvalue weighted by Crippen LogP contribution is -2.20. The van der Waals surface area contributed by atoms with E-state index in [4.69, 9.17) is 9.40 Å². The van der Waals surface area contributed by atoms with Gasteiger partial charge in [0.25, 0.3) is 0 Å². The Balaban J connectivity index is 2.42. The molecule has 0 aliphatic heterocycles. The summed E-state index contributed by atoms with van der Waals surface area (Å²) < 4.78 is 5.39. The van der Waals surface area contributed by atoms with Gasteiger partial charge in [-0.1, -0.05) is 33.6 Å². The van der Waals surface area contributed by atoms with Gasteiger partial charge in [0.05, 0.1) is 6.26 Å². The summed E-state index contributed by atoms with van der Waals surface area (Å²) in [6, 6.07) is 4.04. The lowest BCUT2D eigenvalue weighted by atomic mass is 9.81. The number of rotatable bonds is 4. The first kappa shape index (κ1) is 12.2. The molecule has 0 amide bonds. The molecule has 0 bridgehead atoms. The quantitative estimate of drug-likeness (QED) is 0.768. The number of pyridine rings is 1. The number of unbranched alkanes of at least 4 members (excludes halogenated alkanes) is 1. The van der Waals surface area contributed by atoms with Gasteiger partial charge in [-0.25, -0.2) is 4.98 Å². The summed E-state index contributed by atoms with van der Waals surface area (Å²) in [7, 11) is 0. The van der Waals surface area contributed by atoms with Gasteiger partial charge in [-0.2, -0.15) is 0 Å². The van der Waals surface area contributed by atoms with Crippen molar-refractivity contribution in [2.45, 2.75) is 52.4 Å². The van der Waals surface area contributed by atoms with E-state index in [0.29, 0.717) is 0 Å². The lowest BCUT2D eigenvalue weighted by molar-refractivity contribution is 0.444. The summed E-state index contributed by atoms with van der Waals surface area (Å²) in [6.45, 7) is 8.92. The van der Waals surface area contributed by atoms with Crippen LogP contribution < -0.4 is 0 Å². The molecule has 0 saturated carbocycles. The zero-order valence-electron chi connectivity index (χ0n) is 11.2. The minimum atomic E-state index is 0.144. The molecule has 2 rings (SSSR count). The molecule has 0 aliphatic carbocycles. The van der Waals surface area contributed by atoms with Crippen LogP contribution in [0.25, 0.3) is 11.1 Å². The topological polar surface area (TPSA) is 26.0 Å². The van der Waals surface area contributed by atoms with Crippen LogP contribution in [0.1, 0.15) is 51.3 Å². The molecule has 0 unspecified atom stereocenters. The smallest absolute Gasteiger partial charge is 0.152 e. The van der Waals surface area contributed by atoms with Crippen molar-refractivity contribution in [3.63, 3.8) is 0 Å². The molecular weight excluding hydrogens is 210 g/mol. The molecule has 2 heterocycles. The van der Waals surface area contributed by atoms with E-state index in [1.807, 2.05) is 6.07 Å². The van der Waals surface area contributed by atoms with Gasteiger partial charge in [0, 0.05) is 17.2 Å². The summed E-state index contributed by atoms with van der Waals surface area (Å²) in [5, 5.41) is 0. The van der Waals surface area contributed by atoms with Crippen molar-refractivity contribution in [2.75, 3.05) is 0 Å². The minimum absolute atomic E-state index is 0.144. The van der Waals surface area contributed by atoms with E-state index in [1.165, 1.54) is 30.5 Å². The van der Waals surface area contributed by atoms with E-state index >= 15 is 0 Å². The van der Waals surface area contributed by atoms with Gasteiger partial charge in [-0.15, -0.1) is 0 Å². The summed E-state index contributed by atoms with van der Waals surface area (Å²) in [4.78, 5) is 4.77. The monoisotopic (exact) mass is 231 g/mol. The van der Waals surface area contributed by atoms with E-state index in [9.17, 15) is 0 Å². The molecule has 0 aromatic carbocycles. The highest BCUT2D eigenvalue weighted by atomic mass is 16.3. The third-order valence-corrected chi connectivity index (χ3v) is 3.42. The molecule has 0 aliphatic rings. The van der Waals surface area contributed by atoms with Gasteiger partial charge in [-0.05, 0) is 25.0 Å². The first-order valence-corrected chi connectivity index (χ1v) is 6.40. The van der Waals surface area contributed by atoms with E-state index in [2.05, 4.69) is 33.8 Å². The maximum absolute atomic E-state index is 5.39. The summed E-state index contributed by atoms with van der Waals surface area (Å²) >= 11 is 0. The maximum Gasteiger partial charge on any atom is 0.152 e. The number of furan rings is 1.